The van der Waals surface area contributed by atoms with Crippen LogP contribution >= 0.6 is 0 Å². The van der Waals surface area contributed by atoms with E-state index >= 15 is 0 Å². The van der Waals surface area contributed by atoms with Gasteiger partial charge in [-0.1, -0.05) is 12.8 Å². The van der Waals surface area contributed by atoms with E-state index in [1.807, 2.05) is 0 Å². The summed E-state index contributed by atoms with van der Waals surface area (Å²) in [6, 6.07) is -0.645. The summed E-state index contributed by atoms with van der Waals surface area (Å²) in [6.07, 6.45) is 4.42. The van der Waals surface area contributed by atoms with Crippen LogP contribution in [0.3, 0.4) is 0 Å². The summed E-state index contributed by atoms with van der Waals surface area (Å²) in [5, 5.41) is 0. The van der Waals surface area contributed by atoms with Gasteiger partial charge in [-0.25, -0.2) is 0 Å². The maximum atomic E-state index is 11.2. The molecule has 2 atom stereocenters. The van der Waals surface area contributed by atoms with E-state index in [-0.39, 0.29) is 12.1 Å². The molecule has 0 aliphatic heterocycles. The quantitative estimate of drug-likeness (QED) is 0.680. The molecule has 14 heavy (non-hydrogen) atoms. The van der Waals surface area contributed by atoms with Gasteiger partial charge in [-0.15, -0.1) is 0 Å². The van der Waals surface area contributed by atoms with Crippen molar-refractivity contribution in [2.75, 3.05) is 14.2 Å². The van der Waals surface area contributed by atoms with Gasteiger partial charge in [-0.2, -0.15) is 0 Å². The molecule has 4 nitrogen and oxygen atoms in total. The third kappa shape index (κ3) is 2.45. The number of nitrogens with two attached hydrogens (primary N) is 1. The number of ether oxygens (including phenoxy) is 2. The van der Waals surface area contributed by atoms with Crippen molar-refractivity contribution in [3.8, 4) is 0 Å². The second-order valence-electron chi connectivity index (χ2n) is 3.79. The summed E-state index contributed by atoms with van der Waals surface area (Å²) in [7, 11) is 2.95. The molecule has 0 radical (unpaired) electrons. The fraction of sp³-hybridized carbons (Fsp3) is 0.900. The third-order valence-corrected chi connectivity index (χ3v) is 2.96. The number of hydrogen-bond acceptors (Lipinski definition) is 4. The van der Waals surface area contributed by atoms with Crippen molar-refractivity contribution in [2.24, 2.45) is 11.7 Å². The zero-order valence-corrected chi connectivity index (χ0v) is 8.86. The van der Waals surface area contributed by atoms with E-state index in [0.29, 0.717) is 5.92 Å². The summed E-state index contributed by atoms with van der Waals surface area (Å²) >= 11 is 0. The van der Waals surface area contributed by atoms with E-state index in [0.717, 1.165) is 12.8 Å². The molecule has 1 fully saturated rings. The Hall–Kier alpha value is -0.610. The molecule has 1 rings (SSSR count). The fourth-order valence-corrected chi connectivity index (χ4v) is 2.19. The van der Waals surface area contributed by atoms with Gasteiger partial charge in [0.25, 0.3) is 0 Å². The Bertz CT molecular complexity index is 190. The fourth-order valence-electron chi connectivity index (χ4n) is 2.19. The number of rotatable bonds is 4. The minimum absolute atomic E-state index is 0.190. The Kier molecular flexibility index (Phi) is 4.35. The molecule has 0 spiro atoms. The van der Waals surface area contributed by atoms with Crippen molar-refractivity contribution >= 4 is 5.97 Å². The SMILES string of the molecule is COC(=O)[C@@H](N)[C@H](OC)C1CCCC1. The lowest BCUT2D eigenvalue weighted by Gasteiger charge is -2.25. The molecule has 82 valence electrons. The Balaban J connectivity index is 2.55. The molecule has 2 N–H and O–H groups in total. The molecule has 0 aromatic carbocycles. The minimum atomic E-state index is -0.645. The summed E-state index contributed by atoms with van der Waals surface area (Å²) in [5.74, 6) is 0.0258. The highest BCUT2D eigenvalue weighted by Crippen LogP contribution is 2.30. The highest BCUT2D eigenvalue weighted by molar-refractivity contribution is 5.76. The second-order valence-corrected chi connectivity index (χ2v) is 3.79. The van der Waals surface area contributed by atoms with Gasteiger partial charge in [0, 0.05) is 7.11 Å². The van der Waals surface area contributed by atoms with E-state index in [1.54, 1.807) is 7.11 Å². The van der Waals surface area contributed by atoms with Crippen LogP contribution in [0.15, 0.2) is 0 Å². The highest BCUT2D eigenvalue weighted by atomic mass is 16.5. The van der Waals surface area contributed by atoms with Crippen molar-refractivity contribution in [1.29, 1.82) is 0 Å². The Morgan fingerprint density at radius 3 is 2.36 bits per heavy atom. The van der Waals surface area contributed by atoms with Crippen molar-refractivity contribution in [1.82, 2.24) is 0 Å². The summed E-state index contributed by atoms with van der Waals surface area (Å²) in [4.78, 5) is 11.2. The van der Waals surface area contributed by atoms with Gasteiger partial charge in [0.1, 0.15) is 6.04 Å². The van der Waals surface area contributed by atoms with Gasteiger partial charge in [-0.05, 0) is 18.8 Å². The second kappa shape index (κ2) is 5.32. The molecule has 0 heterocycles. The first-order valence-corrected chi connectivity index (χ1v) is 5.07. The predicted molar refractivity (Wildman–Crippen MR) is 52.7 cm³/mol. The molecule has 0 unspecified atom stereocenters. The van der Waals surface area contributed by atoms with Gasteiger partial charge >= 0.3 is 5.97 Å². The summed E-state index contributed by atoms with van der Waals surface area (Å²) < 4.78 is 9.90. The first-order chi connectivity index (χ1) is 6.70. The van der Waals surface area contributed by atoms with Gasteiger partial charge in [-0.3, -0.25) is 4.79 Å². The Morgan fingerprint density at radius 2 is 1.93 bits per heavy atom. The zero-order chi connectivity index (χ0) is 10.6. The van der Waals surface area contributed by atoms with Crippen LogP contribution in [0.25, 0.3) is 0 Å². The van der Waals surface area contributed by atoms with Crippen LogP contribution in [-0.2, 0) is 14.3 Å². The Morgan fingerprint density at radius 1 is 1.36 bits per heavy atom. The number of methoxy groups -OCH3 is 2. The molecule has 0 aromatic heterocycles. The first-order valence-electron chi connectivity index (χ1n) is 5.07. The van der Waals surface area contributed by atoms with Crippen LogP contribution in [0.2, 0.25) is 0 Å². The van der Waals surface area contributed by atoms with Gasteiger partial charge in [0.2, 0.25) is 0 Å². The predicted octanol–water partition coefficient (Wildman–Crippen LogP) is 0.692. The van der Waals surface area contributed by atoms with Gasteiger partial charge in [0.15, 0.2) is 0 Å². The molecule has 0 aromatic rings. The van der Waals surface area contributed by atoms with E-state index in [4.69, 9.17) is 10.5 Å². The molecule has 0 bridgehead atoms. The van der Waals surface area contributed by atoms with E-state index in [2.05, 4.69) is 4.74 Å². The number of esters is 1. The monoisotopic (exact) mass is 201 g/mol. The number of hydrogen-bond donors (Lipinski definition) is 1. The average molecular weight is 201 g/mol. The normalized spacial score (nSPS) is 21.9. The number of carbonyl (C=O) groups is 1. The van der Waals surface area contributed by atoms with Crippen molar-refractivity contribution in [2.45, 2.75) is 37.8 Å². The summed E-state index contributed by atoms with van der Waals surface area (Å²) in [6.45, 7) is 0. The first kappa shape index (κ1) is 11.5. The van der Waals surface area contributed by atoms with Gasteiger partial charge < -0.3 is 15.2 Å². The molecule has 1 saturated carbocycles. The van der Waals surface area contributed by atoms with E-state index < -0.39 is 6.04 Å². The molecular weight excluding hydrogens is 182 g/mol. The average Bonchev–Trinajstić information content (AvgIpc) is 2.71. The lowest BCUT2D eigenvalue weighted by Crippen LogP contribution is -2.47. The van der Waals surface area contributed by atoms with Crippen molar-refractivity contribution < 1.29 is 14.3 Å². The van der Waals surface area contributed by atoms with Crippen LogP contribution in [0.1, 0.15) is 25.7 Å². The molecule has 0 amide bonds. The third-order valence-electron chi connectivity index (χ3n) is 2.96. The Labute approximate surface area is 84.7 Å². The standard InChI is InChI=1S/C10H19NO3/c1-13-9(7-5-3-4-6-7)8(11)10(12)14-2/h7-9H,3-6,11H2,1-2H3/t8-,9+/m0/s1. The molecule has 0 saturated heterocycles. The lowest BCUT2D eigenvalue weighted by molar-refractivity contribution is -0.146. The lowest BCUT2D eigenvalue weighted by atomic mass is 9.95. The largest absolute Gasteiger partial charge is 0.468 e. The zero-order valence-electron chi connectivity index (χ0n) is 8.86. The smallest absolute Gasteiger partial charge is 0.325 e. The van der Waals surface area contributed by atoms with Crippen LogP contribution in [0, 0.1) is 5.92 Å². The van der Waals surface area contributed by atoms with Crippen LogP contribution < -0.4 is 5.73 Å². The minimum Gasteiger partial charge on any atom is -0.468 e. The van der Waals surface area contributed by atoms with E-state index in [9.17, 15) is 4.79 Å². The molecular formula is C10H19NO3. The maximum absolute atomic E-state index is 11.2. The topological polar surface area (TPSA) is 61.5 Å². The summed E-state index contributed by atoms with van der Waals surface area (Å²) in [5.41, 5.74) is 5.76. The molecule has 1 aliphatic carbocycles. The van der Waals surface area contributed by atoms with Gasteiger partial charge in [0.05, 0.1) is 13.2 Å². The molecule has 4 heteroatoms. The highest BCUT2D eigenvalue weighted by Gasteiger charge is 2.33. The van der Waals surface area contributed by atoms with Crippen LogP contribution in [0.5, 0.6) is 0 Å². The maximum Gasteiger partial charge on any atom is 0.325 e. The van der Waals surface area contributed by atoms with Crippen LogP contribution in [0.4, 0.5) is 0 Å². The van der Waals surface area contributed by atoms with Crippen LogP contribution in [-0.4, -0.2) is 32.3 Å². The number of carbonyl (C=O) groups excluding carboxylic acids is 1. The van der Waals surface area contributed by atoms with Crippen molar-refractivity contribution in [3.05, 3.63) is 0 Å². The van der Waals surface area contributed by atoms with E-state index in [1.165, 1.54) is 20.0 Å². The van der Waals surface area contributed by atoms with Crippen molar-refractivity contribution in [3.63, 3.8) is 0 Å². The molecule has 1 aliphatic rings.